The number of carbonyl (C=O) groups is 2. The van der Waals surface area contributed by atoms with Gasteiger partial charge in [0.25, 0.3) is 11.8 Å². The summed E-state index contributed by atoms with van der Waals surface area (Å²) in [4.78, 5) is 26.2. The van der Waals surface area contributed by atoms with Gasteiger partial charge in [-0.1, -0.05) is 12.8 Å². The summed E-state index contributed by atoms with van der Waals surface area (Å²) < 4.78 is 2.35. The molecule has 128 valence electrons. The molecule has 3 rings (SSSR count). The average Bonchev–Trinajstić information content (AvgIpc) is 3.12. The van der Waals surface area contributed by atoms with Gasteiger partial charge in [-0.3, -0.25) is 19.8 Å². The summed E-state index contributed by atoms with van der Waals surface area (Å²) in [6.45, 7) is 6.43. The molecule has 2 fully saturated rings. The van der Waals surface area contributed by atoms with Gasteiger partial charge in [-0.2, -0.15) is 0 Å². The summed E-state index contributed by atoms with van der Waals surface area (Å²) in [6.07, 6.45) is 6.63. The van der Waals surface area contributed by atoms with E-state index in [2.05, 4.69) is 29.8 Å². The van der Waals surface area contributed by atoms with Crippen LogP contribution in [0.2, 0.25) is 0 Å². The van der Waals surface area contributed by atoms with Crippen molar-refractivity contribution in [2.45, 2.75) is 52.5 Å². The van der Waals surface area contributed by atoms with E-state index in [1.165, 1.54) is 36.3 Å². The zero-order valence-electron chi connectivity index (χ0n) is 14.4. The molecule has 1 aromatic rings. The van der Waals surface area contributed by atoms with Crippen LogP contribution in [-0.4, -0.2) is 32.9 Å². The van der Waals surface area contributed by atoms with Crippen molar-refractivity contribution in [2.75, 3.05) is 6.54 Å². The number of hydrogen-bond acceptors (Lipinski definition) is 3. The fraction of sp³-hybridized carbons (Fsp3) is 0.500. The van der Waals surface area contributed by atoms with Crippen molar-refractivity contribution in [1.29, 1.82) is 0 Å². The van der Waals surface area contributed by atoms with E-state index in [9.17, 15) is 9.59 Å². The van der Waals surface area contributed by atoms with Gasteiger partial charge in [0.15, 0.2) is 5.11 Å². The summed E-state index contributed by atoms with van der Waals surface area (Å²) in [5.74, 6) is -0.739. The van der Waals surface area contributed by atoms with Gasteiger partial charge in [0.05, 0.1) is 0 Å². The Morgan fingerprint density at radius 2 is 1.96 bits per heavy atom. The van der Waals surface area contributed by atoms with E-state index in [4.69, 9.17) is 12.2 Å². The lowest BCUT2D eigenvalue weighted by atomic mass is 10.1. The van der Waals surface area contributed by atoms with Crippen LogP contribution >= 0.6 is 12.2 Å². The number of aromatic nitrogens is 1. The van der Waals surface area contributed by atoms with Gasteiger partial charge >= 0.3 is 0 Å². The second-order valence-electron chi connectivity index (χ2n) is 6.50. The Morgan fingerprint density at radius 1 is 1.29 bits per heavy atom. The maximum absolute atomic E-state index is 12.5. The van der Waals surface area contributed by atoms with Crippen LogP contribution in [0.15, 0.2) is 11.6 Å². The minimum atomic E-state index is -0.416. The highest BCUT2D eigenvalue weighted by atomic mass is 32.1. The van der Waals surface area contributed by atoms with Crippen LogP contribution in [0.3, 0.4) is 0 Å². The van der Waals surface area contributed by atoms with Crippen molar-refractivity contribution >= 4 is 35.2 Å². The van der Waals surface area contributed by atoms with Crippen LogP contribution in [-0.2, 0) is 9.59 Å². The highest BCUT2D eigenvalue weighted by Gasteiger charge is 2.32. The molecule has 0 bridgehead atoms. The maximum atomic E-state index is 12.5. The molecule has 1 aromatic heterocycles. The fourth-order valence-corrected chi connectivity index (χ4v) is 4.11. The number of thiocarbonyl (C=S) groups is 1. The molecule has 1 saturated carbocycles. The minimum absolute atomic E-state index is 0.150. The van der Waals surface area contributed by atoms with E-state index in [0.717, 1.165) is 11.3 Å². The van der Waals surface area contributed by atoms with Crippen molar-refractivity contribution in [3.63, 3.8) is 0 Å². The minimum Gasteiger partial charge on any atom is -0.346 e. The van der Waals surface area contributed by atoms with E-state index >= 15 is 0 Å². The number of aryl methyl sites for hydroxylation is 1. The van der Waals surface area contributed by atoms with Crippen molar-refractivity contribution in [1.82, 2.24) is 14.8 Å². The Kier molecular flexibility index (Phi) is 4.58. The molecule has 0 unspecified atom stereocenters. The van der Waals surface area contributed by atoms with Crippen LogP contribution in [0.4, 0.5) is 0 Å². The number of hydrogen-bond donors (Lipinski definition) is 1. The van der Waals surface area contributed by atoms with Crippen molar-refractivity contribution in [2.24, 2.45) is 0 Å². The first-order chi connectivity index (χ1) is 11.4. The van der Waals surface area contributed by atoms with Crippen molar-refractivity contribution in [3.8, 4) is 0 Å². The van der Waals surface area contributed by atoms with Crippen LogP contribution in [0.1, 0.15) is 55.6 Å². The predicted octanol–water partition coefficient (Wildman–Crippen LogP) is 2.87. The molecule has 1 saturated heterocycles. The first-order valence-corrected chi connectivity index (χ1v) is 8.92. The molecule has 24 heavy (non-hydrogen) atoms. The molecule has 0 radical (unpaired) electrons. The third-order valence-corrected chi connectivity index (χ3v) is 5.34. The zero-order valence-corrected chi connectivity index (χ0v) is 15.2. The van der Waals surface area contributed by atoms with Gasteiger partial charge in [-0.05, 0) is 63.5 Å². The lowest BCUT2D eigenvalue weighted by Crippen LogP contribution is -2.53. The summed E-state index contributed by atoms with van der Waals surface area (Å²) in [5.41, 5.74) is 3.38. The lowest BCUT2D eigenvalue weighted by Gasteiger charge is -2.27. The first kappa shape index (κ1) is 16.9. The number of nitrogens with one attached hydrogen (secondary N) is 1. The number of carbonyl (C=O) groups excluding carboxylic acids is 2. The zero-order chi connectivity index (χ0) is 17.4. The van der Waals surface area contributed by atoms with Gasteiger partial charge in [0.2, 0.25) is 0 Å². The summed E-state index contributed by atoms with van der Waals surface area (Å²) in [7, 11) is 0. The van der Waals surface area contributed by atoms with Gasteiger partial charge in [-0.15, -0.1) is 0 Å². The highest BCUT2D eigenvalue weighted by Crippen LogP contribution is 2.34. The quantitative estimate of drug-likeness (QED) is 0.521. The smallest absolute Gasteiger partial charge is 0.265 e. The Hall–Kier alpha value is -1.95. The number of amides is 2. The molecule has 0 atom stereocenters. The standard InChI is InChI=1S/C18H23N3O2S/c1-4-20-17(23)15(16(22)19-18(20)24)10-13-9-11(2)21(12(13)3)14-7-5-6-8-14/h9-10,14H,4-8H2,1-3H3,(H,19,22,24). The molecule has 2 aliphatic rings. The molecule has 5 nitrogen and oxygen atoms in total. The molecule has 1 aliphatic heterocycles. The number of rotatable bonds is 3. The predicted molar refractivity (Wildman–Crippen MR) is 97.5 cm³/mol. The summed E-state index contributed by atoms with van der Waals surface area (Å²) in [6, 6.07) is 2.59. The number of nitrogens with zero attached hydrogens (tertiary/aromatic N) is 2. The van der Waals surface area contributed by atoms with Gasteiger partial charge in [0.1, 0.15) is 5.57 Å². The third-order valence-electron chi connectivity index (χ3n) is 5.02. The molecule has 0 aromatic carbocycles. The lowest BCUT2D eigenvalue weighted by molar-refractivity contribution is -0.128. The largest absolute Gasteiger partial charge is 0.346 e. The summed E-state index contributed by atoms with van der Waals surface area (Å²) in [5, 5.41) is 2.78. The first-order valence-electron chi connectivity index (χ1n) is 8.51. The third kappa shape index (κ3) is 2.79. The molecule has 2 heterocycles. The van der Waals surface area contributed by atoms with Crippen LogP contribution in [0, 0.1) is 13.8 Å². The van der Waals surface area contributed by atoms with Crippen LogP contribution < -0.4 is 5.32 Å². The Labute approximate surface area is 147 Å². The average molecular weight is 345 g/mol. The SMILES string of the molecule is CCN1C(=O)C(=Cc2cc(C)n(C3CCCC3)c2C)C(=O)NC1=S. The molecule has 6 heteroatoms. The van der Waals surface area contributed by atoms with E-state index < -0.39 is 5.91 Å². The highest BCUT2D eigenvalue weighted by molar-refractivity contribution is 7.80. The monoisotopic (exact) mass is 345 g/mol. The maximum Gasteiger partial charge on any atom is 0.265 e. The van der Waals surface area contributed by atoms with Crippen LogP contribution in [0.25, 0.3) is 6.08 Å². The van der Waals surface area contributed by atoms with E-state index in [1.54, 1.807) is 6.08 Å². The van der Waals surface area contributed by atoms with E-state index in [0.29, 0.717) is 12.6 Å². The van der Waals surface area contributed by atoms with E-state index in [-0.39, 0.29) is 16.6 Å². The fourth-order valence-electron chi connectivity index (χ4n) is 3.81. The second-order valence-corrected chi connectivity index (χ2v) is 6.89. The Morgan fingerprint density at radius 3 is 2.58 bits per heavy atom. The number of likely N-dealkylation sites (N-methyl/N-ethyl adjacent to an activating group) is 1. The molecular formula is C18H23N3O2S. The van der Waals surface area contributed by atoms with Crippen molar-refractivity contribution < 1.29 is 9.59 Å². The van der Waals surface area contributed by atoms with E-state index in [1.807, 2.05) is 6.92 Å². The van der Waals surface area contributed by atoms with Gasteiger partial charge < -0.3 is 4.57 Å². The summed E-state index contributed by atoms with van der Waals surface area (Å²) >= 11 is 5.06. The van der Waals surface area contributed by atoms with Gasteiger partial charge in [-0.25, -0.2) is 0 Å². The van der Waals surface area contributed by atoms with Crippen LogP contribution in [0.5, 0.6) is 0 Å². The molecule has 2 amide bonds. The molecular weight excluding hydrogens is 322 g/mol. The normalized spacial score (nSPS) is 21.0. The van der Waals surface area contributed by atoms with Crippen molar-refractivity contribution in [3.05, 3.63) is 28.6 Å². The second kappa shape index (κ2) is 6.51. The Bertz CT molecular complexity index is 742. The molecule has 1 aliphatic carbocycles. The molecule has 1 N–H and O–H groups in total. The molecule has 0 spiro atoms. The Balaban J connectivity index is 1.98. The topological polar surface area (TPSA) is 54.3 Å². The van der Waals surface area contributed by atoms with Gasteiger partial charge in [0, 0.05) is 24.0 Å².